The van der Waals surface area contributed by atoms with E-state index in [1.54, 1.807) is 30.0 Å². The third-order valence-electron chi connectivity index (χ3n) is 6.25. The Morgan fingerprint density at radius 3 is 2.39 bits per heavy atom. The Morgan fingerprint density at radius 2 is 1.68 bits per heavy atom. The molecule has 0 saturated heterocycles. The minimum atomic E-state index is -0.248. The predicted octanol–water partition coefficient (Wildman–Crippen LogP) is 5.43. The largest absolute Gasteiger partial charge is 0.458 e. The van der Waals surface area contributed by atoms with Crippen molar-refractivity contribution < 1.29 is 19.1 Å². The van der Waals surface area contributed by atoms with E-state index in [2.05, 4.69) is 10.6 Å². The molecule has 0 aromatic heterocycles. The maximum atomic E-state index is 13.2. The van der Waals surface area contributed by atoms with E-state index in [1.807, 2.05) is 61.5 Å². The van der Waals surface area contributed by atoms with Crippen molar-refractivity contribution in [2.24, 2.45) is 0 Å². The zero-order valence-corrected chi connectivity index (χ0v) is 22.0. The van der Waals surface area contributed by atoms with Gasteiger partial charge < -0.3 is 29.9 Å². The van der Waals surface area contributed by atoms with E-state index in [9.17, 15) is 9.59 Å². The fraction of sp³-hybridized carbons (Fsp3) is 0.172. The maximum absolute atomic E-state index is 13.2. The van der Waals surface area contributed by atoms with Gasteiger partial charge in [0.2, 0.25) is 5.91 Å². The number of benzene rings is 3. The van der Waals surface area contributed by atoms with Gasteiger partial charge >= 0.3 is 0 Å². The number of anilines is 3. The van der Waals surface area contributed by atoms with Gasteiger partial charge in [0.15, 0.2) is 11.5 Å². The van der Waals surface area contributed by atoms with Crippen LogP contribution in [0.3, 0.4) is 0 Å². The number of ether oxygens (including phenoxy) is 2. The molecule has 0 spiro atoms. The average Bonchev–Trinajstić information content (AvgIpc) is 3.22. The molecule has 2 aliphatic rings. The summed E-state index contributed by atoms with van der Waals surface area (Å²) >= 11 is 6.18. The lowest BCUT2D eigenvalue weighted by atomic mass is 9.99. The maximum Gasteiger partial charge on any atom is 0.258 e. The lowest BCUT2D eigenvalue weighted by molar-refractivity contribution is -0.116. The highest BCUT2D eigenvalue weighted by Gasteiger charge is 2.29. The zero-order valence-electron chi connectivity index (χ0n) is 21.2. The number of carbonyl (C=O) groups excluding carboxylic acids is 2. The summed E-state index contributed by atoms with van der Waals surface area (Å²) in [6.07, 6.45) is 2.93. The van der Waals surface area contributed by atoms with Crippen LogP contribution < -0.4 is 25.0 Å². The summed E-state index contributed by atoms with van der Waals surface area (Å²) in [6, 6.07) is 18.3. The summed E-state index contributed by atoms with van der Waals surface area (Å²) in [5.41, 5.74) is 4.72. The van der Waals surface area contributed by atoms with E-state index in [-0.39, 0.29) is 11.8 Å². The first-order valence-electron chi connectivity index (χ1n) is 12.1. The van der Waals surface area contributed by atoms with Crippen LogP contribution in [-0.2, 0) is 9.59 Å². The van der Waals surface area contributed by atoms with Crippen molar-refractivity contribution in [1.29, 1.82) is 0 Å². The predicted molar refractivity (Wildman–Crippen MR) is 150 cm³/mol. The van der Waals surface area contributed by atoms with Crippen LogP contribution in [0.2, 0.25) is 5.02 Å². The SMILES string of the molecule is CC(=O)N(CCN(C)C)c1ccc(N/C(=C2\C(=O)Nc3cc(Cl)ccc32)c2ccc3c(c2)OC=CO3)cc1. The zero-order chi connectivity index (χ0) is 26.8. The summed E-state index contributed by atoms with van der Waals surface area (Å²) in [6.45, 7) is 2.88. The molecule has 0 fully saturated rings. The molecule has 0 unspecified atom stereocenters. The second-order valence-electron chi connectivity index (χ2n) is 9.21. The van der Waals surface area contributed by atoms with Gasteiger partial charge in [0, 0.05) is 47.5 Å². The van der Waals surface area contributed by atoms with Crippen molar-refractivity contribution >= 4 is 51.7 Å². The molecule has 2 aliphatic heterocycles. The number of nitrogens with zero attached hydrogens (tertiary/aromatic N) is 2. The molecule has 9 heteroatoms. The van der Waals surface area contributed by atoms with Crippen molar-refractivity contribution in [3.05, 3.63) is 89.3 Å². The summed E-state index contributed by atoms with van der Waals surface area (Å²) in [5.74, 6) is 0.837. The Morgan fingerprint density at radius 1 is 0.947 bits per heavy atom. The molecule has 0 saturated carbocycles. The van der Waals surface area contributed by atoms with Gasteiger partial charge in [-0.15, -0.1) is 0 Å². The fourth-order valence-electron chi connectivity index (χ4n) is 4.36. The molecule has 38 heavy (non-hydrogen) atoms. The van der Waals surface area contributed by atoms with Crippen LogP contribution in [0, 0.1) is 0 Å². The van der Waals surface area contributed by atoms with Crippen molar-refractivity contribution in [3.63, 3.8) is 0 Å². The first-order chi connectivity index (χ1) is 18.3. The van der Waals surface area contributed by atoms with E-state index < -0.39 is 0 Å². The fourth-order valence-corrected chi connectivity index (χ4v) is 4.54. The summed E-state index contributed by atoms with van der Waals surface area (Å²) < 4.78 is 11.1. The number of hydrogen-bond acceptors (Lipinski definition) is 6. The molecule has 3 aromatic rings. The molecule has 194 valence electrons. The third kappa shape index (κ3) is 5.22. The van der Waals surface area contributed by atoms with Crippen LogP contribution in [0.4, 0.5) is 17.1 Å². The van der Waals surface area contributed by atoms with E-state index in [0.29, 0.717) is 40.0 Å². The Bertz CT molecular complexity index is 1460. The van der Waals surface area contributed by atoms with Crippen LogP contribution in [0.25, 0.3) is 11.3 Å². The molecule has 0 bridgehead atoms. The Balaban J connectivity index is 1.54. The second-order valence-corrected chi connectivity index (χ2v) is 9.65. The molecule has 0 atom stereocenters. The van der Waals surface area contributed by atoms with Crippen molar-refractivity contribution in [3.8, 4) is 11.5 Å². The quantitative estimate of drug-likeness (QED) is 0.396. The van der Waals surface area contributed by atoms with Crippen LogP contribution in [-0.4, -0.2) is 43.9 Å². The Kier molecular flexibility index (Phi) is 7.09. The second kappa shape index (κ2) is 10.6. The number of amides is 2. The molecular weight excluding hydrogens is 504 g/mol. The van der Waals surface area contributed by atoms with Gasteiger partial charge in [-0.25, -0.2) is 0 Å². The van der Waals surface area contributed by atoms with E-state index in [4.69, 9.17) is 21.1 Å². The standard InChI is InChI=1S/C29H27ClN4O4/c1-18(35)34(13-12-33(2)3)22-8-6-21(7-9-22)31-28(19-4-11-25-26(16-19)38-15-14-37-25)27-23-10-5-20(30)17-24(23)32-29(27)36/h4-11,14-17,31H,12-13H2,1-3H3,(H,32,36)/b28-27-. The van der Waals surface area contributed by atoms with Gasteiger partial charge in [0.1, 0.15) is 12.5 Å². The molecular formula is C29H27ClN4O4. The normalized spacial score (nSPS) is 14.7. The lowest BCUT2D eigenvalue weighted by Gasteiger charge is -2.23. The third-order valence-corrected chi connectivity index (χ3v) is 6.49. The molecule has 2 amide bonds. The van der Waals surface area contributed by atoms with Crippen LogP contribution in [0.15, 0.2) is 73.2 Å². The van der Waals surface area contributed by atoms with Crippen molar-refractivity contribution in [2.45, 2.75) is 6.92 Å². The van der Waals surface area contributed by atoms with E-state index in [1.165, 1.54) is 12.5 Å². The number of likely N-dealkylation sites (N-methyl/N-ethyl adjacent to an activating group) is 1. The van der Waals surface area contributed by atoms with Crippen LogP contribution in [0.1, 0.15) is 18.1 Å². The molecule has 3 aromatic carbocycles. The summed E-state index contributed by atoms with van der Waals surface area (Å²) in [4.78, 5) is 29.3. The highest BCUT2D eigenvalue weighted by Crippen LogP contribution is 2.41. The summed E-state index contributed by atoms with van der Waals surface area (Å²) in [7, 11) is 3.94. The number of fused-ring (bicyclic) bond motifs is 2. The number of halogens is 1. The average molecular weight is 531 g/mol. The van der Waals surface area contributed by atoms with Gasteiger partial charge in [-0.2, -0.15) is 0 Å². The highest BCUT2D eigenvalue weighted by molar-refractivity contribution is 6.38. The topological polar surface area (TPSA) is 83.1 Å². The van der Waals surface area contributed by atoms with Crippen LogP contribution in [0.5, 0.6) is 11.5 Å². The molecule has 0 aliphatic carbocycles. The number of rotatable bonds is 7. The molecule has 2 N–H and O–H groups in total. The first kappa shape index (κ1) is 25.4. The number of nitrogens with one attached hydrogen (secondary N) is 2. The first-order valence-corrected chi connectivity index (χ1v) is 12.5. The minimum absolute atomic E-state index is 0.0291. The monoisotopic (exact) mass is 530 g/mol. The van der Waals surface area contributed by atoms with E-state index in [0.717, 1.165) is 29.0 Å². The highest BCUT2D eigenvalue weighted by atomic mass is 35.5. The molecule has 8 nitrogen and oxygen atoms in total. The van der Waals surface area contributed by atoms with Gasteiger partial charge in [0.25, 0.3) is 5.91 Å². The lowest BCUT2D eigenvalue weighted by Crippen LogP contribution is -2.35. The number of carbonyl (C=O) groups is 2. The Labute approximate surface area is 226 Å². The molecule has 2 heterocycles. The molecule has 0 radical (unpaired) electrons. The minimum Gasteiger partial charge on any atom is -0.458 e. The van der Waals surface area contributed by atoms with Crippen molar-refractivity contribution in [2.75, 3.05) is 42.7 Å². The van der Waals surface area contributed by atoms with Gasteiger partial charge in [0.05, 0.1) is 17.0 Å². The van der Waals surface area contributed by atoms with E-state index >= 15 is 0 Å². The van der Waals surface area contributed by atoms with Crippen LogP contribution >= 0.6 is 11.6 Å². The van der Waals surface area contributed by atoms with Gasteiger partial charge in [-0.05, 0) is 68.7 Å². The number of hydrogen-bond donors (Lipinski definition) is 2. The van der Waals surface area contributed by atoms with Crippen molar-refractivity contribution in [1.82, 2.24) is 4.90 Å². The smallest absolute Gasteiger partial charge is 0.258 e. The van der Waals surface area contributed by atoms with Gasteiger partial charge in [-0.1, -0.05) is 17.7 Å². The molecule has 5 rings (SSSR count). The Hall–Kier alpha value is -4.27. The van der Waals surface area contributed by atoms with Gasteiger partial charge in [-0.3, -0.25) is 9.59 Å². The summed E-state index contributed by atoms with van der Waals surface area (Å²) in [5, 5.41) is 6.88.